The van der Waals surface area contributed by atoms with Gasteiger partial charge >= 0.3 is 6.03 Å². The van der Waals surface area contributed by atoms with Crippen LogP contribution in [-0.2, 0) is 15.9 Å². The lowest BCUT2D eigenvalue weighted by atomic mass is 10.1. The van der Waals surface area contributed by atoms with Gasteiger partial charge in [0.15, 0.2) is 0 Å². The molecule has 1 aromatic carbocycles. The summed E-state index contributed by atoms with van der Waals surface area (Å²) >= 11 is 0. The van der Waals surface area contributed by atoms with Crippen molar-refractivity contribution in [1.82, 2.24) is 4.90 Å². The zero-order valence-corrected chi connectivity index (χ0v) is 13.4. The third-order valence-corrected chi connectivity index (χ3v) is 4.85. The number of rotatable bonds is 1. The number of carbonyl (C=O) groups is 1. The quantitative estimate of drug-likeness (QED) is 0.784. The molecule has 23 heavy (non-hydrogen) atoms. The van der Waals surface area contributed by atoms with E-state index in [4.69, 9.17) is 9.47 Å². The second-order valence-corrected chi connectivity index (χ2v) is 6.20. The van der Waals surface area contributed by atoms with Crippen LogP contribution in [0.25, 0.3) is 0 Å². The van der Waals surface area contributed by atoms with Crippen LogP contribution < -0.4 is 9.80 Å². The van der Waals surface area contributed by atoms with Crippen molar-refractivity contribution >= 4 is 17.4 Å². The van der Waals surface area contributed by atoms with Crippen LogP contribution in [-0.4, -0.2) is 70.1 Å². The summed E-state index contributed by atoms with van der Waals surface area (Å²) in [5.74, 6) is 0. The van der Waals surface area contributed by atoms with E-state index in [0.29, 0.717) is 26.3 Å². The van der Waals surface area contributed by atoms with Crippen LogP contribution >= 0.6 is 0 Å². The van der Waals surface area contributed by atoms with E-state index in [9.17, 15) is 4.79 Å². The van der Waals surface area contributed by atoms with Gasteiger partial charge in [0, 0.05) is 38.4 Å². The summed E-state index contributed by atoms with van der Waals surface area (Å²) in [5, 5.41) is 0. The minimum absolute atomic E-state index is 0.117. The fourth-order valence-electron chi connectivity index (χ4n) is 3.51. The first-order chi connectivity index (χ1) is 11.3. The van der Waals surface area contributed by atoms with E-state index < -0.39 is 0 Å². The highest BCUT2D eigenvalue weighted by Gasteiger charge is 2.30. The highest BCUT2D eigenvalue weighted by Crippen LogP contribution is 2.33. The lowest BCUT2D eigenvalue weighted by Gasteiger charge is -2.32. The van der Waals surface area contributed by atoms with E-state index in [0.717, 1.165) is 45.0 Å². The lowest BCUT2D eigenvalue weighted by Crippen LogP contribution is -2.47. The van der Waals surface area contributed by atoms with E-state index in [-0.39, 0.29) is 6.03 Å². The van der Waals surface area contributed by atoms with Crippen molar-refractivity contribution in [3.8, 4) is 0 Å². The number of hydrogen-bond donors (Lipinski definition) is 0. The van der Waals surface area contributed by atoms with Crippen molar-refractivity contribution in [2.45, 2.75) is 6.42 Å². The molecule has 0 aliphatic carbocycles. The van der Waals surface area contributed by atoms with Gasteiger partial charge in [0.05, 0.1) is 32.1 Å². The van der Waals surface area contributed by atoms with Crippen LogP contribution in [0.3, 0.4) is 0 Å². The minimum atomic E-state index is 0.117. The summed E-state index contributed by atoms with van der Waals surface area (Å²) in [5.41, 5.74) is 3.53. The predicted molar refractivity (Wildman–Crippen MR) is 88.3 cm³/mol. The van der Waals surface area contributed by atoms with Gasteiger partial charge in [0.25, 0.3) is 0 Å². The number of amides is 2. The van der Waals surface area contributed by atoms with Crippen LogP contribution in [0, 0.1) is 0 Å². The fourth-order valence-corrected chi connectivity index (χ4v) is 3.51. The van der Waals surface area contributed by atoms with E-state index in [1.165, 1.54) is 11.3 Å². The van der Waals surface area contributed by atoms with Gasteiger partial charge in [0.1, 0.15) is 0 Å². The number of carbonyl (C=O) groups excluding carboxylic acids is 1. The van der Waals surface area contributed by atoms with Crippen molar-refractivity contribution in [2.24, 2.45) is 0 Å². The Labute approximate surface area is 136 Å². The first-order valence-corrected chi connectivity index (χ1v) is 8.43. The number of fused-ring (bicyclic) bond motifs is 1. The number of nitrogens with zero attached hydrogens (tertiary/aromatic N) is 3. The van der Waals surface area contributed by atoms with Gasteiger partial charge < -0.3 is 19.3 Å². The molecule has 4 rings (SSSR count). The number of urea groups is 1. The minimum Gasteiger partial charge on any atom is -0.378 e. The molecule has 0 spiro atoms. The van der Waals surface area contributed by atoms with Gasteiger partial charge in [-0.25, -0.2) is 4.79 Å². The molecule has 2 amide bonds. The second-order valence-electron chi connectivity index (χ2n) is 6.20. The third kappa shape index (κ3) is 2.88. The molecular weight excluding hydrogens is 294 g/mol. The van der Waals surface area contributed by atoms with Crippen LogP contribution in [0.5, 0.6) is 0 Å². The molecule has 2 saturated heterocycles. The maximum Gasteiger partial charge on any atom is 0.324 e. The molecule has 0 saturated carbocycles. The molecule has 3 aliphatic rings. The SMILES string of the molecule is O=C(N1CCOCC1)N1CCc2ccc(N3CCOCC3)cc21. The van der Waals surface area contributed by atoms with Crippen molar-refractivity contribution in [3.63, 3.8) is 0 Å². The smallest absolute Gasteiger partial charge is 0.324 e. The first kappa shape index (κ1) is 14.8. The Morgan fingerprint density at radius 3 is 2.35 bits per heavy atom. The summed E-state index contributed by atoms with van der Waals surface area (Å²) in [6, 6.07) is 6.64. The molecule has 3 aliphatic heterocycles. The standard InChI is InChI=1S/C17H23N3O3/c21-17(19-7-11-23-12-8-19)20-4-3-14-1-2-15(13-16(14)20)18-5-9-22-10-6-18/h1-2,13H,3-12H2. The van der Waals surface area contributed by atoms with Crippen LogP contribution in [0.1, 0.15) is 5.56 Å². The number of anilines is 2. The van der Waals surface area contributed by atoms with E-state index >= 15 is 0 Å². The maximum absolute atomic E-state index is 12.8. The van der Waals surface area contributed by atoms with Gasteiger partial charge in [-0.2, -0.15) is 0 Å². The van der Waals surface area contributed by atoms with Crippen LogP contribution in [0.4, 0.5) is 16.2 Å². The summed E-state index contributed by atoms with van der Waals surface area (Å²) in [6.07, 6.45) is 0.939. The molecule has 0 radical (unpaired) electrons. The summed E-state index contributed by atoms with van der Waals surface area (Å²) in [4.78, 5) is 19.0. The molecule has 0 unspecified atom stereocenters. The van der Waals surface area contributed by atoms with E-state index in [1.807, 2.05) is 9.80 Å². The largest absolute Gasteiger partial charge is 0.378 e. The molecule has 124 valence electrons. The molecule has 2 fully saturated rings. The van der Waals surface area contributed by atoms with Gasteiger partial charge in [-0.05, 0) is 24.1 Å². The van der Waals surface area contributed by atoms with Gasteiger partial charge in [0.2, 0.25) is 0 Å². The lowest BCUT2D eigenvalue weighted by molar-refractivity contribution is 0.0550. The van der Waals surface area contributed by atoms with E-state index in [2.05, 4.69) is 23.1 Å². The molecule has 0 N–H and O–H groups in total. The monoisotopic (exact) mass is 317 g/mol. The Balaban J connectivity index is 1.55. The summed E-state index contributed by atoms with van der Waals surface area (Å²) in [6.45, 7) is 6.80. The molecule has 0 bridgehead atoms. The molecule has 6 nitrogen and oxygen atoms in total. The molecule has 1 aromatic rings. The average molecular weight is 317 g/mol. The van der Waals surface area contributed by atoms with Crippen LogP contribution in [0.2, 0.25) is 0 Å². The Morgan fingerprint density at radius 2 is 1.61 bits per heavy atom. The number of hydrogen-bond acceptors (Lipinski definition) is 4. The highest BCUT2D eigenvalue weighted by atomic mass is 16.5. The number of morpholine rings is 2. The molecule has 0 atom stereocenters. The third-order valence-electron chi connectivity index (χ3n) is 4.85. The highest BCUT2D eigenvalue weighted by molar-refractivity contribution is 5.95. The molecule has 3 heterocycles. The number of ether oxygens (including phenoxy) is 2. The second kappa shape index (κ2) is 6.37. The average Bonchev–Trinajstić information content (AvgIpc) is 3.05. The Kier molecular flexibility index (Phi) is 4.10. The molecular formula is C17H23N3O3. The van der Waals surface area contributed by atoms with Crippen molar-refractivity contribution in [2.75, 3.05) is 69.0 Å². The number of benzene rings is 1. The maximum atomic E-state index is 12.8. The van der Waals surface area contributed by atoms with Gasteiger partial charge in [-0.3, -0.25) is 4.90 Å². The Hall–Kier alpha value is -1.79. The molecule has 6 heteroatoms. The normalized spacial score (nSPS) is 21.5. The fraction of sp³-hybridized carbons (Fsp3) is 0.588. The Bertz CT molecular complexity index is 580. The first-order valence-electron chi connectivity index (χ1n) is 8.43. The van der Waals surface area contributed by atoms with Crippen LogP contribution in [0.15, 0.2) is 18.2 Å². The summed E-state index contributed by atoms with van der Waals surface area (Å²) in [7, 11) is 0. The van der Waals surface area contributed by atoms with Crippen molar-refractivity contribution in [1.29, 1.82) is 0 Å². The zero-order valence-electron chi connectivity index (χ0n) is 13.4. The topological polar surface area (TPSA) is 45.2 Å². The van der Waals surface area contributed by atoms with E-state index in [1.54, 1.807) is 0 Å². The predicted octanol–water partition coefficient (Wildman–Crippen LogP) is 1.34. The van der Waals surface area contributed by atoms with Crippen molar-refractivity contribution in [3.05, 3.63) is 23.8 Å². The van der Waals surface area contributed by atoms with Crippen molar-refractivity contribution < 1.29 is 14.3 Å². The summed E-state index contributed by atoms with van der Waals surface area (Å²) < 4.78 is 10.8. The van der Waals surface area contributed by atoms with Gasteiger partial charge in [-0.15, -0.1) is 0 Å². The zero-order chi connectivity index (χ0) is 15.6. The van der Waals surface area contributed by atoms with Gasteiger partial charge in [-0.1, -0.05) is 6.07 Å². The molecule has 0 aromatic heterocycles. The Morgan fingerprint density at radius 1 is 0.913 bits per heavy atom.